The first kappa shape index (κ1) is 20.5. The number of carbonyl (C=O) groups excluding carboxylic acids is 3. The number of nitrogens with zero attached hydrogens (tertiary/aromatic N) is 1. The normalized spacial score (nSPS) is 18.5. The molecule has 1 unspecified atom stereocenters. The topological polar surface area (TPSA) is 84.9 Å². The van der Waals surface area contributed by atoms with E-state index in [1.54, 1.807) is 7.05 Å². The molecule has 7 nitrogen and oxygen atoms in total. The lowest BCUT2D eigenvalue weighted by Gasteiger charge is -2.21. The first-order valence-electron chi connectivity index (χ1n) is 9.49. The van der Waals surface area contributed by atoms with Crippen molar-refractivity contribution in [1.82, 2.24) is 10.2 Å². The van der Waals surface area contributed by atoms with Crippen molar-refractivity contribution in [2.45, 2.75) is 25.7 Å². The molecule has 1 aliphatic heterocycles. The number of esters is 1. The van der Waals surface area contributed by atoms with E-state index in [-0.39, 0.29) is 19.6 Å². The molecule has 0 aliphatic carbocycles. The molecule has 1 N–H and O–H groups in total. The van der Waals surface area contributed by atoms with Crippen molar-refractivity contribution in [3.63, 3.8) is 0 Å². The predicted octanol–water partition coefficient (Wildman–Crippen LogP) is 2.50. The van der Waals surface area contributed by atoms with Crippen molar-refractivity contribution < 1.29 is 23.9 Å². The Kier molecular flexibility index (Phi) is 6.97. The molecule has 0 aromatic heterocycles. The molecule has 2 atom stereocenters. The highest BCUT2D eigenvalue weighted by atomic mass is 16.6. The minimum absolute atomic E-state index is 0.0198. The number of likely N-dealkylation sites (tertiary alicyclic amines) is 1. The van der Waals surface area contributed by atoms with Crippen LogP contribution in [-0.2, 0) is 32.3 Å². The van der Waals surface area contributed by atoms with Gasteiger partial charge in [0.15, 0.2) is 0 Å². The third-order valence-corrected chi connectivity index (χ3v) is 4.75. The second-order valence-electron chi connectivity index (χ2n) is 6.85. The zero-order chi connectivity index (χ0) is 20.6. The van der Waals surface area contributed by atoms with Gasteiger partial charge in [0.1, 0.15) is 19.3 Å². The van der Waals surface area contributed by atoms with Crippen LogP contribution < -0.4 is 5.32 Å². The molecule has 1 aliphatic rings. The van der Waals surface area contributed by atoms with Crippen molar-refractivity contribution in [2.75, 3.05) is 13.6 Å². The molecule has 7 heteroatoms. The molecule has 2 aromatic rings. The first-order valence-corrected chi connectivity index (χ1v) is 9.49. The van der Waals surface area contributed by atoms with Crippen molar-refractivity contribution in [1.29, 1.82) is 0 Å². The Balaban J connectivity index is 1.67. The number of hydrogen-bond acceptors (Lipinski definition) is 6. The van der Waals surface area contributed by atoms with Crippen LogP contribution in [0, 0.1) is 5.92 Å². The number of ether oxygens (including phenoxy) is 2. The quantitative estimate of drug-likeness (QED) is 0.724. The summed E-state index contributed by atoms with van der Waals surface area (Å²) in [5, 5.41) is 2.92. The Morgan fingerprint density at radius 3 is 2.07 bits per heavy atom. The summed E-state index contributed by atoms with van der Waals surface area (Å²) in [6, 6.07) is 17.4. The number of imide groups is 1. The van der Waals surface area contributed by atoms with Gasteiger partial charge in [-0.2, -0.15) is 0 Å². The minimum Gasteiger partial charge on any atom is -0.459 e. The van der Waals surface area contributed by atoms with Gasteiger partial charge in [0.2, 0.25) is 5.91 Å². The molecular weight excluding hydrogens is 372 g/mol. The van der Waals surface area contributed by atoms with E-state index in [4.69, 9.17) is 9.47 Å². The number of hydrogen-bond donors (Lipinski definition) is 1. The van der Waals surface area contributed by atoms with Gasteiger partial charge in [-0.3, -0.25) is 4.79 Å². The van der Waals surface area contributed by atoms with Crippen LogP contribution in [0.4, 0.5) is 4.79 Å². The number of benzene rings is 2. The Bertz CT molecular complexity index is 841. The fourth-order valence-electron chi connectivity index (χ4n) is 3.28. The van der Waals surface area contributed by atoms with Gasteiger partial charge < -0.3 is 14.8 Å². The Morgan fingerprint density at radius 1 is 0.966 bits per heavy atom. The van der Waals surface area contributed by atoms with Crippen molar-refractivity contribution >= 4 is 18.0 Å². The van der Waals surface area contributed by atoms with Gasteiger partial charge in [0.05, 0.1) is 5.92 Å². The van der Waals surface area contributed by atoms with Gasteiger partial charge in [-0.15, -0.1) is 0 Å². The summed E-state index contributed by atoms with van der Waals surface area (Å²) in [6.07, 6.45) is -0.632. The lowest BCUT2D eigenvalue weighted by molar-refractivity contribution is -0.152. The molecule has 2 aromatic carbocycles. The molecule has 2 amide bonds. The first-order chi connectivity index (χ1) is 14.1. The van der Waals surface area contributed by atoms with Crippen LogP contribution in [0.1, 0.15) is 17.5 Å². The molecule has 1 fully saturated rings. The highest BCUT2D eigenvalue weighted by Gasteiger charge is 2.47. The summed E-state index contributed by atoms with van der Waals surface area (Å²) in [6.45, 7) is 0.462. The number of rotatable bonds is 7. The number of amides is 2. The largest absolute Gasteiger partial charge is 0.459 e. The summed E-state index contributed by atoms with van der Waals surface area (Å²) in [7, 11) is 1.71. The second kappa shape index (κ2) is 9.84. The molecule has 1 saturated heterocycles. The van der Waals surface area contributed by atoms with E-state index in [0.717, 1.165) is 16.0 Å². The van der Waals surface area contributed by atoms with Crippen molar-refractivity contribution in [2.24, 2.45) is 5.92 Å². The minimum atomic E-state index is -0.993. The fraction of sp³-hybridized carbons (Fsp3) is 0.318. The molecule has 152 valence electrons. The third-order valence-electron chi connectivity index (χ3n) is 4.75. The van der Waals surface area contributed by atoms with Gasteiger partial charge >= 0.3 is 12.1 Å². The van der Waals surface area contributed by atoms with Crippen LogP contribution in [0.5, 0.6) is 0 Å². The van der Waals surface area contributed by atoms with Gasteiger partial charge in [0, 0.05) is 6.54 Å². The molecule has 3 rings (SSSR count). The van der Waals surface area contributed by atoms with Crippen molar-refractivity contribution in [3.8, 4) is 0 Å². The molecule has 29 heavy (non-hydrogen) atoms. The van der Waals surface area contributed by atoms with Crippen LogP contribution in [0.2, 0.25) is 0 Å². The van der Waals surface area contributed by atoms with E-state index in [9.17, 15) is 14.4 Å². The summed E-state index contributed by atoms with van der Waals surface area (Å²) in [4.78, 5) is 38.9. The fourth-order valence-corrected chi connectivity index (χ4v) is 3.28. The predicted molar refractivity (Wildman–Crippen MR) is 106 cm³/mol. The number of carbonyl (C=O) groups is 3. The standard InChI is InChI=1S/C22H24N2O5/c1-23-13-18-12-19(21(26)28-14-16-8-4-2-5-9-16)24(20(18)25)22(27)29-15-17-10-6-3-7-11-17/h2-11,18-19,23H,12-15H2,1H3/t18?,19-/m0/s1. The monoisotopic (exact) mass is 396 g/mol. The van der Waals surface area contributed by atoms with Gasteiger partial charge in [-0.25, -0.2) is 14.5 Å². The molecule has 0 radical (unpaired) electrons. The maximum atomic E-state index is 12.7. The van der Waals surface area contributed by atoms with Gasteiger partial charge in [-0.1, -0.05) is 60.7 Å². The van der Waals surface area contributed by atoms with Crippen LogP contribution in [-0.4, -0.2) is 42.5 Å². The lowest BCUT2D eigenvalue weighted by atomic mass is 10.1. The maximum Gasteiger partial charge on any atom is 0.417 e. The SMILES string of the molecule is CNCC1C[C@@H](C(=O)OCc2ccccc2)N(C(=O)OCc2ccccc2)C1=O. The molecule has 0 saturated carbocycles. The Hall–Kier alpha value is -3.19. The summed E-state index contributed by atoms with van der Waals surface area (Å²) in [5.74, 6) is -1.53. The van der Waals surface area contributed by atoms with E-state index in [0.29, 0.717) is 6.54 Å². The van der Waals surface area contributed by atoms with Gasteiger partial charge in [-0.05, 0) is 24.6 Å². The molecule has 0 spiro atoms. The Morgan fingerprint density at radius 2 is 1.52 bits per heavy atom. The summed E-state index contributed by atoms with van der Waals surface area (Å²) >= 11 is 0. The lowest BCUT2D eigenvalue weighted by Crippen LogP contribution is -2.44. The summed E-state index contributed by atoms with van der Waals surface area (Å²) < 4.78 is 10.7. The van der Waals surface area contributed by atoms with Crippen LogP contribution in [0.15, 0.2) is 60.7 Å². The van der Waals surface area contributed by atoms with E-state index < -0.39 is 29.9 Å². The average molecular weight is 396 g/mol. The highest BCUT2D eigenvalue weighted by Crippen LogP contribution is 2.27. The zero-order valence-electron chi connectivity index (χ0n) is 16.2. The molecule has 1 heterocycles. The van der Waals surface area contributed by atoms with E-state index in [1.807, 2.05) is 60.7 Å². The van der Waals surface area contributed by atoms with Crippen LogP contribution in [0.3, 0.4) is 0 Å². The third kappa shape index (κ3) is 5.20. The van der Waals surface area contributed by atoms with Gasteiger partial charge in [0.25, 0.3) is 0 Å². The Labute approximate surface area is 169 Å². The number of nitrogens with one attached hydrogen (secondary N) is 1. The van der Waals surface area contributed by atoms with Crippen molar-refractivity contribution in [3.05, 3.63) is 71.8 Å². The van der Waals surface area contributed by atoms with E-state index >= 15 is 0 Å². The molecular formula is C22H24N2O5. The maximum absolute atomic E-state index is 12.7. The molecule has 0 bridgehead atoms. The summed E-state index contributed by atoms with van der Waals surface area (Å²) in [5.41, 5.74) is 1.62. The smallest absolute Gasteiger partial charge is 0.417 e. The van der Waals surface area contributed by atoms with E-state index in [2.05, 4.69) is 5.32 Å². The van der Waals surface area contributed by atoms with E-state index in [1.165, 1.54) is 0 Å². The zero-order valence-corrected chi connectivity index (χ0v) is 16.2. The highest BCUT2D eigenvalue weighted by molar-refractivity contribution is 6.00. The van der Waals surface area contributed by atoms with Crippen LogP contribution >= 0.6 is 0 Å². The second-order valence-corrected chi connectivity index (χ2v) is 6.85. The van der Waals surface area contributed by atoms with Crippen LogP contribution in [0.25, 0.3) is 0 Å². The average Bonchev–Trinajstić information content (AvgIpc) is 3.08.